The Bertz CT molecular complexity index is 384. The van der Waals surface area contributed by atoms with Gasteiger partial charge in [0, 0.05) is 18.8 Å². The molecule has 0 saturated carbocycles. The molecule has 0 saturated heterocycles. The molecule has 1 N–H and O–H groups in total. The Balaban J connectivity index is 2.80. The molecule has 1 aromatic rings. The topological polar surface area (TPSA) is 29.9 Å². The quantitative estimate of drug-likeness (QED) is 0.660. The average Bonchev–Trinajstić information content (AvgIpc) is 2.81. The lowest BCUT2D eigenvalue weighted by Gasteiger charge is -2.30. The molecule has 0 aliphatic heterocycles. The first-order valence-electron chi connectivity index (χ1n) is 8.34. The van der Waals surface area contributed by atoms with Crippen molar-refractivity contribution >= 4 is 0 Å². The summed E-state index contributed by atoms with van der Waals surface area (Å²) in [6.45, 7) is 14.5. The standard InChI is InChI=1S/C17H33N3/c1-6-10-17(5,14-18-11-7-2)13-16-12-15(8-3)19-20(16)9-4/h12,18H,6-11,13-14H2,1-5H3. The van der Waals surface area contributed by atoms with Gasteiger partial charge in [-0.3, -0.25) is 4.68 Å². The van der Waals surface area contributed by atoms with Crippen LogP contribution in [-0.2, 0) is 19.4 Å². The van der Waals surface area contributed by atoms with Crippen molar-refractivity contribution in [1.82, 2.24) is 15.1 Å². The molecule has 1 rings (SSSR count). The van der Waals surface area contributed by atoms with Gasteiger partial charge in [-0.1, -0.05) is 34.1 Å². The van der Waals surface area contributed by atoms with Crippen LogP contribution < -0.4 is 5.32 Å². The molecule has 1 unspecified atom stereocenters. The maximum absolute atomic E-state index is 4.68. The SMILES string of the molecule is CCCNCC(C)(CCC)Cc1cc(CC)nn1CC. The lowest BCUT2D eigenvalue weighted by atomic mass is 9.81. The zero-order valence-corrected chi connectivity index (χ0v) is 14.1. The molecule has 3 nitrogen and oxygen atoms in total. The maximum atomic E-state index is 4.68. The van der Waals surface area contributed by atoms with Gasteiger partial charge < -0.3 is 5.32 Å². The first-order valence-corrected chi connectivity index (χ1v) is 8.34. The van der Waals surface area contributed by atoms with E-state index in [0.29, 0.717) is 5.41 Å². The van der Waals surface area contributed by atoms with Crippen LogP contribution in [0.2, 0.25) is 0 Å². The normalized spacial score (nSPS) is 14.4. The summed E-state index contributed by atoms with van der Waals surface area (Å²) in [5, 5.41) is 8.29. The van der Waals surface area contributed by atoms with Crippen LogP contribution in [0.4, 0.5) is 0 Å². The number of nitrogens with one attached hydrogen (secondary N) is 1. The first kappa shape index (κ1) is 17.2. The Morgan fingerprint density at radius 3 is 2.50 bits per heavy atom. The molecule has 0 spiro atoms. The van der Waals surface area contributed by atoms with Gasteiger partial charge in [-0.15, -0.1) is 0 Å². The van der Waals surface area contributed by atoms with E-state index in [2.05, 4.69) is 55.8 Å². The van der Waals surface area contributed by atoms with Gasteiger partial charge in [-0.2, -0.15) is 5.10 Å². The van der Waals surface area contributed by atoms with E-state index >= 15 is 0 Å². The third kappa shape index (κ3) is 4.93. The Morgan fingerprint density at radius 1 is 1.20 bits per heavy atom. The van der Waals surface area contributed by atoms with Crippen molar-refractivity contribution in [3.63, 3.8) is 0 Å². The molecule has 1 heterocycles. The van der Waals surface area contributed by atoms with Gasteiger partial charge >= 0.3 is 0 Å². The molecule has 0 bridgehead atoms. The van der Waals surface area contributed by atoms with Crippen LogP contribution in [0.5, 0.6) is 0 Å². The van der Waals surface area contributed by atoms with E-state index in [1.165, 1.54) is 30.7 Å². The van der Waals surface area contributed by atoms with E-state index in [4.69, 9.17) is 0 Å². The van der Waals surface area contributed by atoms with E-state index in [-0.39, 0.29) is 0 Å². The van der Waals surface area contributed by atoms with Crippen LogP contribution in [-0.4, -0.2) is 22.9 Å². The maximum Gasteiger partial charge on any atom is 0.0624 e. The molecule has 3 heteroatoms. The Morgan fingerprint density at radius 2 is 1.95 bits per heavy atom. The second-order valence-corrected chi connectivity index (χ2v) is 6.21. The fraction of sp³-hybridized carbons (Fsp3) is 0.824. The summed E-state index contributed by atoms with van der Waals surface area (Å²) in [6, 6.07) is 2.30. The summed E-state index contributed by atoms with van der Waals surface area (Å²) in [6.07, 6.45) is 5.86. The molecule has 0 radical (unpaired) electrons. The fourth-order valence-corrected chi connectivity index (χ4v) is 2.95. The molecule has 0 aliphatic carbocycles. The van der Waals surface area contributed by atoms with E-state index in [9.17, 15) is 0 Å². The highest BCUT2D eigenvalue weighted by Gasteiger charge is 2.25. The lowest BCUT2D eigenvalue weighted by molar-refractivity contribution is 0.268. The third-order valence-electron chi connectivity index (χ3n) is 4.02. The molecule has 0 aromatic carbocycles. The summed E-state index contributed by atoms with van der Waals surface area (Å²) in [5.74, 6) is 0. The molecule has 116 valence electrons. The highest BCUT2D eigenvalue weighted by molar-refractivity contribution is 5.12. The molecular formula is C17H33N3. The third-order valence-corrected chi connectivity index (χ3v) is 4.02. The Labute approximate surface area is 125 Å². The number of aromatic nitrogens is 2. The molecule has 20 heavy (non-hydrogen) atoms. The second-order valence-electron chi connectivity index (χ2n) is 6.21. The van der Waals surface area contributed by atoms with E-state index < -0.39 is 0 Å². The van der Waals surface area contributed by atoms with Gasteiger partial charge in [0.05, 0.1) is 5.69 Å². The van der Waals surface area contributed by atoms with Crippen LogP contribution in [0.25, 0.3) is 0 Å². The number of rotatable bonds is 10. The van der Waals surface area contributed by atoms with E-state index in [1.54, 1.807) is 0 Å². The van der Waals surface area contributed by atoms with Crippen molar-refractivity contribution in [2.24, 2.45) is 5.41 Å². The van der Waals surface area contributed by atoms with Crippen molar-refractivity contribution in [3.05, 3.63) is 17.5 Å². The molecule has 1 aromatic heterocycles. The van der Waals surface area contributed by atoms with Gasteiger partial charge in [0.2, 0.25) is 0 Å². The van der Waals surface area contributed by atoms with Crippen LogP contribution >= 0.6 is 0 Å². The summed E-state index contributed by atoms with van der Waals surface area (Å²) < 4.78 is 2.19. The lowest BCUT2D eigenvalue weighted by Crippen LogP contribution is -2.34. The summed E-state index contributed by atoms with van der Waals surface area (Å²) in [7, 11) is 0. The van der Waals surface area contributed by atoms with E-state index in [0.717, 1.165) is 32.5 Å². The second kappa shape index (κ2) is 8.46. The highest BCUT2D eigenvalue weighted by Crippen LogP contribution is 2.28. The molecule has 0 amide bonds. The molecular weight excluding hydrogens is 246 g/mol. The van der Waals surface area contributed by atoms with Crippen molar-refractivity contribution in [2.75, 3.05) is 13.1 Å². The minimum absolute atomic E-state index is 0.335. The minimum atomic E-state index is 0.335. The highest BCUT2D eigenvalue weighted by atomic mass is 15.3. The number of aryl methyl sites for hydroxylation is 2. The van der Waals surface area contributed by atoms with Crippen LogP contribution in [0, 0.1) is 5.41 Å². The zero-order chi connectivity index (χ0) is 15.0. The van der Waals surface area contributed by atoms with Gasteiger partial charge in [0.15, 0.2) is 0 Å². The van der Waals surface area contributed by atoms with Crippen molar-refractivity contribution in [1.29, 1.82) is 0 Å². The Hall–Kier alpha value is -0.830. The smallest absolute Gasteiger partial charge is 0.0624 e. The van der Waals surface area contributed by atoms with E-state index in [1.807, 2.05) is 0 Å². The van der Waals surface area contributed by atoms with Crippen LogP contribution in [0.15, 0.2) is 6.07 Å². The first-order chi connectivity index (χ1) is 9.58. The zero-order valence-electron chi connectivity index (χ0n) is 14.1. The number of hydrogen-bond acceptors (Lipinski definition) is 2. The predicted octanol–water partition coefficient (Wildman–Crippen LogP) is 3.81. The summed E-state index contributed by atoms with van der Waals surface area (Å²) in [5.41, 5.74) is 2.96. The van der Waals surface area contributed by atoms with Crippen LogP contribution in [0.1, 0.15) is 65.3 Å². The molecule has 0 fully saturated rings. The van der Waals surface area contributed by atoms with Gasteiger partial charge in [-0.05, 0) is 50.6 Å². The van der Waals surface area contributed by atoms with Crippen molar-refractivity contribution < 1.29 is 0 Å². The van der Waals surface area contributed by atoms with Gasteiger partial charge in [-0.25, -0.2) is 0 Å². The fourth-order valence-electron chi connectivity index (χ4n) is 2.95. The largest absolute Gasteiger partial charge is 0.316 e. The van der Waals surface area contributed by atoms with Crippen LogP contribution in [0.3, 0.4) is 0 Å². The molecule has 1 atom stereocenters. The van der Waals surface area contributed by atoms with Gasteiger partial charge in [0.1, 0.15) is 0 Å². The number of hydrogen-bond donors (Lipinski definition) is 1. The van der Waals surface area contributed by atoms with Crippen molar-refractivity contribution in [2.45, 2.75) is 73.3 Å². The number of nitrogens with zero attached hydrogens (tertiary/aromatic N) is 2. The summed E-state index contributed by atoms with van der Waals surface area (Å²) in [4.78, 5) is 0. The Kier molecular flexibility index (Phi) is 7.28. The van der Waals surface area contributed by atoms with Crippen molar-refractivity contribution in [3.8, 4) is 0 Å². The average molecular weight is 279 g/mol. The summed E-state index contributed by atoms with van der Waals surface area (Å²) >= 11 is 0. The predicted molar refractivity (Wildman–Crippen MR) is 87.2 cm³/mol. The van der Waals surface area contributed by atoms with Gasteiger partial charge in [0.25, 0.3) is 0 Å². The monoisotopic (exact) mass is 279 g/mol. The molecule has 0 aliphatic rings. The minimum Gasteiger partial charge on any atom is -0.316 e.